The summed E-state index contributed by atoms with van der Waals surface area (Å²) in [5, 5.41) is 2.83. The molecule has 0 unspecified atom stereocenters. The number of rotatable bonds is 6. The molecule has 0 saturated heterocycles. The highest BCUT2D eigenvalue weighted by atomic mass is 79.9. The first-order valence-corrected chi connectivity index (χ1v) is 6.77. The van der Waals surface area contributed by atoms with Crippen LogP contribution in [0.1, 0.15) is 6.92 Å². The number of halogens is 1. The molecule has 1 rings (SSSR count). The van der Waals surface area contributed by atoms with Crippen molar-refractivity contribution < 1.29 is 4.79 Å². The Bertz CT molecular complexity index is 439. The second kappa shape index (κ2) is 7.45. The topological polar surface area (TPSA) is 58.4 Å². The van der Waals surface area contributed by atoms with E-state index in [1.807, 2.05) is 36.1 Å². The van der Waals surface area contributed by atoms with Crippen molar-refractivity contribution in [3.8, 4) is 0 Å². The van der Waals surface area contributed by atoms with Gasteiger partial charge in [0.05, 0.1) is 11.5 Å². The van der Waals surface area contributed by atoms with Crippen molar-refractivity contribution in [2.24, 2.45) is 5.73 Å². The minimum absolute atomic E-state index is 0.0776. The van der Waals surface area contributed by atoms with Crippen molar-refractivity contribution in [3.05, 3.63) is 28.7 Å². The van der Waals surface area contributed by atoms with E-state index in [2.05, 4.69) is 21.2 Å². The van der Waals surface area contributed by atoms with Gasteiger partial charge in [0.25, 0.3) is 0 Å². The van der Waals surface area contributed by atoms with Gasteiger partial charge in [-0.2, -0.15) is 0 Å². The third-order valence-electron chi connectivity index (χ3n) is 2.30. The van der Waals surface area contributed by atoms with E-state index in [1.165, 1.54) is 0 Å². The summed E-state index contributed by atoms with van der Waals surface area (Å²) in [5.41, 5.74) is 6.23. The molecule has 1 amide bonds. The van der Waals surface area contributed by atoms with Crippen molar-refractivity contribution in [1.82, 2.24) is 4.90 Å². The van der Waals surface area contributed by atoms with E-state index >= 15 is 0 Å². The number of hydrogen-bond acceptors (Lipinski definition) is 3. The molecule has 3 N–H and O–H groups in total. The van der Waals surface area contributed by atoms with Gasteiger partial charge in [0.1, 0.15) is 0 Å². The van der Waals surface area contributed by atoms with Crippen LogP contribution in [0.4, 0.5) is 5.69 Å². The number of likely N-dealkylation sites (N-methyl/N-ethyl adjacent to an activating group) is 1. The lowest BCUT2D eigenvalue weighted by Crippen LogP contribution is -2.38. The van der Waals surface area contributed by atoms with Gasteiger partial charge in [-0.1, -0.05) is 41.1 Å². The van der Waals surface area contributed by atoms with Crippen LogP contribution >= 0.6 is 28.1 Å². The Kier molecular flexibility index (Phi) is 6.24. The third kappa shape index (κ3) is 5.57. The molecular formula is C12H16BrN3OS. The number of thiocarbonyl (C=S) groups is 1. The van der Waals surface area contributed by atoms with Crippen LogP contribution in [0.15, 0.2) is 28.7 Å². The van der Waals surface area contributed by atoms with Gasteiger partial charge in [0, 0.05) is 16.7 Å². The Morgan fingerprint density at radius 2 is 2.22 bits per heavy atom. The van der Waals surface area contributed by atoms with E-state index in [4.69, 9.17) is 18.0 Å². The molecule has 0 saturated carbocycles. The van der Waals surface area contributed by atoms with E-state index in [1.54, 1.807) is 0 Å². The van der Waals surface area contributed by atoms with E-state index in [0.717, 1.165) is 16.7 Å². The number of hydrogen-bond donors (Lipinski definition) is 2. The highest BCUT2D eigenvalue weighted by molar-refractivity contribution is 9.10. The summed E-state index contributed by atoms with van der Waals surface area (Å²) in [6.45, 7) is 3.42. The molecule has 18 heavy (non-hydrogen) atoms. The average Bonchev–Trinajstić information content (AvgIpc) is 2.27. The molecule has 4 nitrogen and oxygen atoms in total. The van der Waals surface area contributed by atoms with Gasteiger partial charge in [-0.3, -0.25) is 9.69 Å². The van der Waals surface area contributed by atoms with E-state index in [0.29, 0.717) is 11.5 Å². The molecule has 0 aliphatic rings. The summed E-state index contributed by atoms with van der Waals surface area (Å²) in [5.74, 6) is -0.0776. The van der Waals surface area contributed by atoms with Gasteiger partial charge in [-0.15, -0.1) is 0 Å². The van der Waals surface area contributed by atoms with E-state index in [9.17, 15) is 4.79 Å². The summed E-state index contributed by atoms with van der Waals surface area (Å²) >= 11 is 8.19. The van der Waals surface area contributed by atoms with Crippen LogP contribution in [0.5, 0.6) is 0 Å². The van der Waals surface area contributed by atoms with E-state index in [-0.39, 0.29) is 12.5 Å². The zero-order valence-electron chi connectivity index (χ0n) is 10.1. The molecule has 0 aliphatic carbocycles. The Balaban J connectivity index is 2.52. The maximum Gasteiger partial charge on any atom is 0.238 e. The lowest BCUT2D eigenvalue weighted by atomic mass is 10.3. The normalized spacial score (nSPS) is 10.4. The highest BCUT2D eigenvalue weighted by Gasteiger charge is 2.10. The number of carbonyl (C=O) groups excluding carboxylic acids is 1. The van der Waals surface area contributed by atoms with Crippen LogP contribution in [0.2, 0.25) is 0 Å². The second-order valence-electron chi connectivity index (χ2n) is 3.83. The lowest BCUT2D eigenvalue weighted by molar-refractivity contribution is -0.117. The van der Waals surface area contributed by atoms with Crippen molar-refractivity contribution in [1.29, 1.82) is 0 Å². The molecule has 0 aliphatic heterocycles. The van der Waals surface area contributed by atoms with E-state index < -0.39 is 0 Å². The number of carbonyl (C=O) groups is 1. The SMILES string of the molecule is CCN(CC(=O)Nc1cccc(Br)c1)CC(N)=S. The molecule has 0 heterocycles. The van der Waals surface area contributed by atoms with Crippen molar-refractivity contribution in [3.63, 3.8) is 0 Å². The van der Waals surface area contributed by atoms with Gasteiger partial charge < -0.3 is 11.1 Å². The first-order chi connectivity index (χ1) is 8.51. The summed E-state index contributed by atoms with van der Waals surface area (Å²) in [6, 6.07) is 7.46. The van der Waals surface area contributed by atoms with Gasteiger partial charge in [-0.05, 0) is 24.7 Å². The van der Waals surface area contributed by atoms with Gasteiger partial charge in [-0.25, -0.2) is 0 Å². The number of nitrogens with one attached hydrogen (secondary N) is 1. The van der Waals surface area contributed by atoms with Gasteiger partial charge in [0.15, 0.2) is 0 Å². The van der Waals surface area contributed by atoms with Crippen LogP contribution in [-0.2, 0) is 4.79 Å². The fourth-order valence-electron chi connectivity index (χ4n) is 1.47. The molecule has 0 bridgehead atoms. The molecule has 0 spiro atoms. The Morgan fingerprint density at radius 3 is 2.78 bits per heavy atom. The minimum atomic E-state index is -0.0776. The number of benzene rings is 1. The number of anilines is 1. The molecule has 0 fully saturated rings. The Morgan fingerprint density at radius 1 is 1.50 bits per heavy atom. The molecule has 98 valence electrons. The largest absolute Gasteiger partial charge is 0.392 e. The predicted octanol–water partition coefficient (Wildman–Crippen LogP) is 2.00. The zero-order valence-corrected chi connectivity index (χ0v) is 12.6. The Hall–Kier alpha value is -0.980. The van der Waals surface area contributed by atoms with Crippen LogP contribution < -0.4 is 11.1 Å². The average molecular weight is 330 g/mol. The highest BCUT2D eigenvalue weighted by Crippen LogP contribution is 2.15. The van der Waals surface area contributed by atoms with Crippen LogP contribution in [0.3, 0.4) is 0 Å². The maximum atomic E-state index is 11.8. The smallest absolute Gasteiger partial charge is 0.238 e. The maximum absolute atomic E-state index is 11.8. The molecular weight excluding hydrogens is 314 g/mol. The third-order valence-corrected chi connectivity index (χ3v) is 2.92. The number of nitrogens with zero attached hydrogens (tertiary/aromatic N) is 1. The predicted molar refractivity (Wildman–Crippen MR) is 81.7 cm³/mol. The minimum Gasteiger partial charge on any atom is -0.392 e. The molecule has 0 aromatic heterocycles. The standard InChI is InChI=1S/C12H16BrN3OS/c1-2-16(7-11(14)18)8-12(17)15-10-5-3-4-9(13)6-10/h3-6H,2,7-8H2,1H3,(H2,14,18)(H,15,17). The molecule has 6 heteroatoms. The molecule has 0 atom stereocenters. The molecule has 1 aromatic rings. The monoisotopic (exact) mass is 329 g/mol. The fraction of sp³-hybridized carbons (Fsp3) is 0.333. The number of nitrogens with two attached hydrogens (primary N) is 1. The zero-order chi connectivity index (χ0) is 13.5. The van der Waals surface area contributed by atoms with Gasteiger partial charge >= 0.3 is 0 Å². The number of amides is 1. The van der Waals surface area contributed by atoms with Crippen LogP contribution in [-0.4, -0.2) is 35.4 Å². The quantitative estimate of drug-likeness (QED) is 0.784. The van der Waals surface area contributed by atoms with Gasteiger partial charge in [0.2, 0.25) is 5.91 Å². The molecule has 1 aromatic carbocycles. The first-order valence-electron chi connectivity index (χ1n) is 5.57. The summed E-state index contributed by atoms with van der Waals surface area (Å²) in [4.78, 5) is 14.1. The summed E-state index contributed by atoms with van der Waals surface area (Å²) in [6.07, 6.45) is 0. The van der Waals surface area contributed by atoms with Crippen LogP contribution in [0.25, 0.3) is 0 Å². The fourth-order valence-corrected chi connectivity index (χ4v) is 2.05. The van der Waals surface area contributed by atoms with Crippen molar-refractivity contribution >= 4 is 44.7 Å². The Labute approximate surface area is 121 Å². The second-order valence-corrected chi connectivity index (χ2v) is 5.27. The summed E-state index contributed by atoms with van der Waals surface area (Å²) < 4.78 is 0.927. The summed E-state index contributed by atoms with van der Waals surface area (Å²) in [7, 11) is 0. The lowest BCUT2D eigenvalue weighted by Gasteiger charge is -2.18. The first kappa shape index (κ1) is 15.1. The van der Waals surface area contributed by atoms with Crippen LogP contribution in [0, 0.1) is 0 Å². The van der Waals surface area contributed by atoms with Crippen molar-refractivity contribution in [2.45, 2.75) is 6.92 Å². The molecule has 0 radical (unpaired) electrons. The van der Waals surface area contributed by atoms with Crippen molar-refractivity contribution in [2.75, 3.05) is 25.0 Å².